The summed E-state index contributed by atoms with van der Waals surface area (Å²) in [5.41, 5.74) is -0.0820. The number of hydrogen-bond acceptors (Lipinski definition) is 5. The minimum atomic E-state index is -1.32. The Labute approximate surface area is 189 Å². The van der Waals surface area contributed by atoms with Crippen LogP contribution < -0.4 is 15.5 Å². The lowest BCUT2D eigenvalue weighted by Gasteiger charge is -2.41. The van der Waals surface area contributed by atoms with Crippen LogP contribution in [0.2, 0.25) is 5.02 Å². The summed E-state index contributed by atoms with van der Waals surface area (Å²) in [6, 6.07) is 7.44. The number of carbonyl (C=O) groups excluding carboxylic acids is 3. The van der Waals surface area contributed by atoms with Crippen molar-refractivity contribution in [1.29, 1.82) is 0 Å². The lowest BCUT2D eigenvalue weighted by Crippen LogP contribution is -2.54. The summed E-state index contributed by atoms with van der Waals surface area (Å²) in [6.45, 7) is 3.43. The molecule has 168 valence electrons. The van der Waals surface area contributed by atoms with Gasteiger partial charge < -0.3 is 15.1 Å². The molecule has 2 saturated heterocycles. The molecule has 2 aromatic rings. The van der Waals surface area contributed by atoms with Crippen molar-refractivity contribution in [2.45, 2.75) is 31.3 Å². The predicted molar refractivity (Wildman–Crippen MR) is 117 cm³/mol. The van der Waals surface area contributed by atoms with Gasteiger partial charge in [0.25, 0.3) is 5.91 Å². The number of pyridine rings is 1. The first-order valence-electron chi connectivity index (χ1n) is 10.3. The minimum Gasteiger partial charge on any atom is -0.365 e. The minimum absolute atomic E-state index is 0.0324. The third kappa shape index (κ3) is 4.12. The number of urea groups is 1. The highest BCUT2D eigenvalue weighted by Gasteiger charge is 2.48. The van der Waals surface area contributed by atoms with Crippen LogP contribution in [0.3, 0.4) is 0 Å². The summed E-state index contributed by atoms with van der Waals surface area (Å²) in [5.74, 6) is -1.09. The van der Waals surface area contributed by atoms with Crippen LogP contribution in [0.5, 0.6) is 0 Å². The number of anilines is 1. The number of hydrogen-bond donors (Lipinski definition) is 2. The molecule has 0 spiro atoms. The highest BCUT2D eigenvalue weighted by Crippen LogP contribution is 2.30. The Bertz CT molecular complexity index is 1050. The molecule has 10 heteroatoms. The molecule has 1 unspecified atom stereocenters. The zero-order valence-electron chi connectivity index (χ0n) is 17.5. The maximum atomic E-state index is 13.9. The molecule has 4 rings (SSSR count). The van der Waals surface area contributed by atoms with Crippen molar-refractivity contribution in [2.24, 2.45) is 0 Å². The van der Waals surface area contributed by atoms with E-state index >= 15 is 0 Å². The summed E-state index contributed by atoms with van der Waals surface area (Å²) >= 11 is 5.78. The number of nitrogens with one attached hydrogen (secondary N) is 2. The first kappa shape index (κ1) is 22.0. The Kier molecular flexibility index (Phi) is 6.01. The first-order valence-corrected chi connectivity index (χ1v) is 10.7. The van der Waals surface area contributed by atoms with Gasteiger partial charge in [-0.15, -0.1) is 0 Å². The van der Waals surface area contributed by atoms with Crippen molar-refractivity contribution in [3.8, 4) is 0 Å². The van der Waals surface area contributed by atoms with Crippen molar-refractivity contribution in [1.82, 2.24) is 20.5 Å². The van der Waals surface area contributed by atoms with E-state index in [1.54, 1.807) is 29.3 Å². The molecule has 2 aliphatic rings. The average Bonchev–Trinajstić information content (AvgIpc) is 3.08. The van der Waals surface area contributed by atoms with Crippen LogP contribution in [0.4, 0.5) is 14.9 Å². The van der Waals surface area contributed by atoms with Gasteiger partial charge in [-0.25, -0.2) is 9.18 Å². The zero-order valence-corrected chi connectivity index (χ0v) is 18.2. The fraction of sp³-hybridized carbons (Fsp3) is 0.364. The summed E-state index contributed by atoms with van der Waals surface area (Å²) < 4.78 is 13.9. The highest BCUT2D eigenvalue weighted by molar-refractivity contribution is 6.30. The van der Waals surface area contributed by atoms with Gasteiger partial charge in [-0.2, -0.15) is 0 Å². The predicted octanol–water partition coefficient (Wildman–Crippen LogP) is 2.43. The molecule has 2 aliphatic heterocycles. The fourth-order valence-electron chi connectivity index (χ4n) is 4.31. The van der Waals surface area contributed by atoms with E-state index in [0.717, 1.165) is 0 Å². The van der Waals surface area contributed by atoms with Gasteiger partial charge in [0.05, 0.1) is 5.02 Å². The first-order chi connectivity index (χ1) is 15.3. The molecule has 1 aromatic carbocycles. The van der Waals surface area contributed by atoms with Crippen molar-refractivity contribution < 1.29 is 18.8 Å². The molecule has 2 atom stereocenters. The van der Waals surface area contributed by atoms with Crippen LogP contribution in [-0.2, 0) is 15.1 Å². The molecule has 32 heavy (non-hydrogen) atoms. The summed E-state index contributed by atoms with van der Waals surface area (Å²) in [6.07, 6.45) is 3.28. The molecule has 2 N–H and O–H groups in total. The Morgan fingerprint density at radius 2 is 2.12 bits per heavy atom. The number of rotatable bonds is 5. The third-order valence-electron chi connectivity index (χ3n) is 6.02. The van der Waals surface area contributed by atoms with Gasteiger partial charge in [-0.1, -0.05) is 17.7 Å². The van der Waals surface area contributed by atoms with Crippen LogP contribution in [-0.4, -0.2) is 53.4 Å². The van der Waals surface area contributed by atoms with E-state index in [-0.39, 0.29) is 29.8 Å². The maximum Gasteiger partial charge on any atom is 0.322 e. The van der Waals surface area contributed by atoms with Crippen molar-refractivity contribution >= 4 is 35.1 Å². The van der Waals surface area contributed by atoms with Gasteiger partial charge in [-0.3, -0.25) is 19.9 Å². The molecule has 0 saturated carbocycles. The van der Waals surface area contributed by atoms with Gasteiger partial charge in [0.15, 0.2) is 0 Å². The molecular formula is C22H23ClFN5O3. The fourth-order valence-corrected chi connectivity index (χ4v) is 4.43. The zero-order chi connectivity index (χ0) is 22.9. The molecule has 1 aromatic heterocycles. The van der Waals surface area contributed by atoms with E-state index in [0.29, 0.717) is 30.9 Å². The molecular weight excluding hydrogens is 437 g/mol. The van der Waals surface area contributed by atoms with E-state index in [9.17, 15) is 18.8 Å². The van der Waals surface area contributed by atoms with Crippen LogP contribution in [0.25, 0.3) is 0 Å². The maximum absolute atomic E-state index is 13.9. The highest BCUT2D eigenvalue weighted by atomic mass is 35.5. The topological polar surface area (TPSA) is 94.6 Å². The second kappa shape index (κ2) is 8.74. The SMILES string of the molecule is C[C@H]1CN(C(=O)CCC2(c3cccnc3)NC(=O)NC2=O)CCN1c1ccc(Cl)c(F)c1. The smallest absolute Gasteiger partial charge is 0.322 e. The molecule has 2 fully saturated rings. The third-order valence-corrected chi connectivity index (χ3v) is 6.33. The number of amides is 4. The second-order valence-electron chi connectivity index (χ2n) is 8.04. The van der Waals surface area contributed by atoms with E-state index in [2.05, 4.69) is 15.6 Å². The lowest BCUT2D eigenvalue weighted by atomic mass is 9.86. The monoisotopic (exact) mass is 459 g/mol. The number of aromatic nitrogens is 1. The average molecular weight is 460 g/mol. The molecule has 0 aliphatic carbocycles. The number of piperazine rings is 1. The number of carbonyl (C=O) groups is 3. The van der Waals surface area contributed by atoms with Crippen LogP contribution in [0.1, 0.15) is 25.3 Å². The molecule has 4 amide bonds. The van der Waals surface area contributed by atoms with Gasteiger partial charge in [0.1, 0.15) is 11.4 Å². The summed E-state index contributed by atoms with van der Waals surface area (Å²) in [5, 5.41) is 5.00. The van der Waals surface area contributed by atoms with Gasteiger partial charge in [-0.05, 0) is 37.6 Å². The van der Waals surface area contributed by atoms with E-state index in [4.69, 9.17) is 11.6 Å². The van der Waals surface area contributed by atoms with E-state index < -0.39 is 23.3 Å². The molecule has 0 radical (unpaired) electrons. The van der Waals surface area contributed by atoms with Crippen LogP contribution >= 0.6 is 11.6 Å². The van der Waals surface area contributed by atoms with Crippen LogP contribution in [0, 0.1) is 5.82 Å². The quantitative estimate of drug-likeness (QED) is 0.670. The van der Waals surface area contributed by atoms with Crippen LogP contribution in [0.15, 0.2) is 42.7 Å². The Hall–Kier alpha value is -3.20. The number of halogens is 2. The molecule has 0 bridgehead atoms. The number of imide groups is 1. The standard InChI is InChI=1S/C22H23ClFN5O3/c1-14-13-28(9-10-29(14)16-4-5-17(23)18(24)11-16)19(30)6-7-22(15-3-2-8-25-12-15)20(31)26-21(32)27-22/h2-5,8,11-12,14H,6-7,9-10,13H2,1H3,(H2,26,27,31,32)/t14-,22?/m0/s1. The summed E-state index contributed by atoms with van der Waals surface area (Å²) in [7, 11) is 0. The van der Waals surface area contributed by atoms with E-state index in [1.165, 1.54) is 18.3 Å². The lowest BCUT2D eigenvalue weighted by molar-refractivity contribution is -0.133. The Morgan fingerprint density at radius 3 is 2.75 bits per heavy atom. The largest absolute Gasteiger partial charge is 0.365 e. The number of nitrogens with zero attached hydrogens (tertiary/aromatic N) is 3. The van der Waals surface area contributed by atoms with Gasteiger partial charge in [0, 0.05) is 55.7 Å². The van der Waals surface area contributed by atoms with Crippen molar-refractivity contribution in [3.63, 3.8) is 0 Å². The summed E-state index contributed by atoms with van der Waals surface area (Å²) in [4.78, 5) is 45.2. The molecule has 3 heterocycles. The second-order valence-corrected chi connectivity index (χ2v) is 8.44. The van der Waals surface area contributed by atoms with Crippen molar-refractivity contribution in [2.75, 3.05) is 24.5 Å². The molecule has 8 nitrogen and oxygen atoms in total. The van der Waals surface area contributed by atoms with E-state index in [1.807, 2.05) is 11.8 Å². The Morgan fingerprint density at radius 1 is 1.31 bits per heavy atom. The Balaban J connectivity index is 1.42. The number of benzene rings is 1. The van der Waals surface area contributed by atoms with Gasteiger partial charge in [0.2, 0.25) is 5.91 Å². The normalized spacial score (nSPS) is 23.2. The van der Waals surface area contributed by atoms with Gasteiger partial charge >= 0.3 is 6.03 Å². The van der Waals surface area contributed by atoms with Crippen molar-refractivity contribution in [3.05, 3.63) is 59.1 Å².